The van der Waals surface area contributed by atoms with Crippen molar-refractivity contribution in [3.05, 3.63) is 60.3 Å². The highest BCUT2D eigenvalue weighted by Crippen LogP contribution is 2.34. The predicted octanol–water partition coefficient (Wildman–Crippen LogP) is 4.60. The number of para-hydroxylation sites is 2. The van der Waals surface area contributed by atoms with Crippen molar-refractivity contribution in [1.82, 2.24) is 18.9 Å². The smallest absolute Gasteiger partial charge is 0.215 e. The predicted molar refractivity (Wildman–Crippen MR) is 104 cm³/mol. The molecule has 2 aromatic heterocycles. The third kappa shape index (κ3) is 2.36. The van der Waals surface area contributed by atoms with Crippen LogP contribution >= 0.6 is 0 Å². The number of imidazole rings is 2. The molecule has 0 saturated heterocycles. The van der Waals surface area contributed by atoms with Crippen molar-refractivity contribution in [1.29, 1.82) is 0 Å². The molecule has 0 aliphatic rings. The number of hydrogen-bond acceptors (Lipinski definition) is 2. The van der Waals surface area contributed by atoms with Gasteiger partial charge in [0.25, 0.3) is 0 Å². The Bertz CT molecular complexity index is 1020. The highest BCUT2D eigenvalue weighted by atomic mass is 15.2. The summed E-state index contributed by atoms with van der Waals surface area (Å²) in [7, 11) is 4.25. The Hall–Kier alpha value is -2.59. The number of benzene rings is 2. The highest BCUT2D eigenvalue weighted by Gasteiger charge is 2.24. The van der Waals surface area contributed by atoms with Gasteiger partial charge in [-0.05, 0) is 40.1 Å². The van der Waals surface area contributed by atoms with E-state index in [1.54, 1.807) is 0 Å². The Kier molecular flexibility index (Phi) is 3.85. The summed E-state index contributed by atoms with van der Waals surface area (Å²) in [6.07, 6.45) is 0. The third-order valence-corrected chi connectivity index (χ3v) is 5.08. The molecule has 0 fully saturated rings. The highest BCUT2D eigenvalue weighted by molar-refractivity contribution is 5.83. The minimum absolute atomic E-state index is 0.251. The van der Waals surface area contributed by atoms with E-state index in [1.165, 1.54) is 22.3 Å². The molecule has 128 valence electrons. The van der Waals surface area contributed by atoms with Crippen LogP contribution in [0.5, 0.6) is 0 Å². The minimum Gasteiger partial charge on any atom is -0.310 e. The van der Waals surface area contributed by atoms with E-state index >= 15 is 0 Å². The van der Waals surface area contributed by atoms with Crippen LogP contribution in [0.1, 0.15) is 25.6 Å². The maximum absolute atomic E-state index is 5.09. The van der Waals surface area contributed by atoms with Crippen LogP contribution in [0.4, 0.5) is 0 Å². The fourth-order valence-corrected chi connectivity index (χ4v) is 3.58. The Morgan fingerprint density at radius 2 is 1.60 bits per heavy atom. The van der Waals surface area contributed by atoms with Crippen LogP contribution < -0.4 is 0 Å². The summed E-state index contributed by atoms with van der Waals surface area (Å²) in [5, 5.41) is 0. The molecule has 1 unspecified atom stereocenters. The van der Waals surface area contributed by atoms with E-state index < -0.39 is 0 Å². The maximum Gasteiger partial charge on any atom is 0.215 e. The summed E-state index contributed by atoms with van der Waals surface area (Å²) in [5.41, 5.74) is 5.94. The number of aromatic nitrogens is 3. The summed E-state index contributed by atoms with van der Waals surface area (Å²) < 4.78 is 4.64. The van der Waals surface area contributed by atoms with Crippen LogP contribution in [0.2, 0.25) is 0 Å². The number of rotatable bonds is 4. The molecular weight excluding hydrogens is 308 g/mol. The molecule has 25 heavy (non-hydrogen) atoms. The van der Waals surface area contributed by atoms with Gasteiger partial charge in [-0.15, -0.1) is 0 Å². The van der Waals surface area contributed by atoms with Gasteiger partial charge in [0.15, 0.2) is 0 Å². The zero-order valence-corrected chi connectivity index (χ0v) is 15.3. The number of fused-ring (bicyclic) bond motifs is 3. The third-order valence-electron chi connectivity index (χ3n) is 5.08. The molecule has 4 nitrogen and oxygen atoms in total. The van der Waals surface area contributed by atoms with Crippen LogP contribution in [0.25, 0.3) is 28.1 Å². The van der Waals surface area contributed by atoms with Crippen LogP contribution in [0, 0.1) is 0 Å². The standard InChI is InChI=1S/C21H24N4/c1-5-24-17-13-9-10-14-18(17)25-20(15(2)23(3)4)19(22-21(24)25)16-11-7-6-8-12-16/h6-15H,5H2,1-4H3. The molecule has 1 atom stereocenters. The van der Waals surface area contributed by atoms with Crippen LogP contribution in [-0.2, 0) is 6.54 Å². The molecule has 2 aromatic carbocycles. The van der Waals surface area contributed by atoms with Crippen molar-refractivity contribution < 1.29 is 0 Å². The molecule has 4 heteroatoms. The van der Waals surface area contributed by atoms with Crippen LogP contribution in [-0.4, -0.2) is 32.9 Å². The second kappa shape index (κ2) is 6.05. The van der Waals surface area contributed by atoms with Gasteiger partial charge in [-0.1, -0.05) is 42.5 Å². The van der Waals surface area contributed by atoms with Crippen molar-refractivity contribution in [2.45, 2.75) is 26.4 Å². The van der Waals surface area contributed by atoms with Gasteiger partial charge in [0.05, 0.1) is 22.4 Å². The fraction of sp³-hybridized carbons (Fsp3) is 0.286. The molecule has 0 aliphatic carbocycles. The van der Waals surface area contributed by atoms with Gasteiger partial charge in [0.2, 0.25) is 5.78 Å². The van der Waals surface area contributed by atoms with Crippen molar-refractivity contribution in [2.75, 3.05) is 14.1 Å². The van der Waals surface area contributed by atoms with Gasteiger partial charge in [0, 0.05) is 18.2 Å². The SMILES string of the molecule is CCn1c2ccccc2n2c(C(C)N(C)C)c(-c3ccccc3)nc12. The molecule has 4 rings (SSSR count). The lowest BCUT2D eigenvalue weighted by Gasteiger charge is -2.21. The number of hydrogen-bond donors (Lipinski definition) is 0. The van der Waals surface area contributed by atoms with E-state index in [9.17, 15) is 0 Å². The Morgan fingerprint density at radius 3 is 2.24 bits per heavy atom. The van der Waals surface area contributed by atoms with E-state index in [0.29, 0.717) is 0 Å². The molecule has 0 spiro atoms. The van der Waals surface area contributed by atoms with Gasteiger partial charge >= 0.3 is 0 Å². The van der Waals surface area contributed by atoms with E-state index in [0.717, 1.165) is 18.0 Å². The summed E-state index contributed by atoms with van der Waals surface area (Å²) in [5.74, 6) is 1.02. The molecule has 2 heterocycles. The first-order valence-electron chi connectivity index (χ1n) is 8.85. The normalized spacial score (nSPS) is 13.2. The molecule has 0 N–H and O–H groups in total. The zero-order chi connectivity index (χ0) is 17.6. The summed E-state index contributed by atoms with van der Waals surface area (Å²) in [6, 6.07) is 19.3. The molecular formula is C21H24N4. The summed E-state index contributed by atoms with van der Waals surface area (Å²) in [6.45, 7) is 5.32. The van der Waals surface area contributed by atoms with E-state index in [2.05, 4.69) is 96.4 Å². The molecule has 0 amide bonds. The minimum atomic E-state index is 0.251. The van der Waals surface area contributed by atoms with E-state index in [-0.39, 0.29) is 6.04 Å². The van der Waals surface area contributed by atoms with Crippen molar-refractivity contribution >= 4 is 16.8 Å². The van der Waals surface area contributed by atoms with Gasteiger partial charge in [0.1, 0.15) is 0 Å². The van der Waals surface area contributed by atoms with E-state index in [4.69, 9.17) is 4.98 Å². The first kappa shape index (κ1) is 15.9. The lowest BCUT2D eigenvalue weighted by molar-refractivity contribution is 0.315. The van der Waals surface area contributed by atoms with Gasteiger partial charge < -0.3 is 9.47 Å². The second-order valence-electron chi connectivity index (χ2n) is 6.72. The first-order valence-corrected chi connectivity index (χ1v) is 8.85. The van der Waals surface area contributed by atoms with Gasteiger partial charge in [-0.2, -0.15) is 0 Å². The van der Waals surface area contributed by atoms with Gasteiger partial charge in [-0.25, -0.2) is 4.98 Å². The van der Waals surface area contributed by atoms with E-state index in [1.807, 2.05) is 0 Å². The quantitative estimate of drug-likeness (QED) is 0.546. The number of aryl methyl sites for hydroxylation is 1. The molecule has 4 aromatic rings. The van der Waals surface area contributed by atoms with Crippen molar-refractivity contribution in [3.8, 4) is 11.3 Å². The largest absolute Gasteiger partial charge is 0.310 e. The summed E-state index contributed by atoms with van der Waals surface area (Å²) >= 11 is 0. The Balaban J connectivity index is 2.15. The number of nitrogens with zero attached hydrogens (tertiary/aromatic N) is 4. The lowest BCUT2D eigenvalue weighted by atomic mass is 10.1. The molecule has 0 aliphatic heterocycles. The van der Waals surface area contributed by atoms with Crippen molar-refractivity contribution in [3.63, 3.8) is 0 Å². The Morgan fingerprint density at radius 1 is 0.960 bits per heavy atom. The topological polar surface area (TPSA) is 25.5 Å². The molecule has 0 saturated carbocycles. The molecule has 0 bridgehead atoms. The first-order chi connectivity index (χ1) is 12.1. The lowest BCUT2D eigenvalue weighted by Crippen LogP contribution is -2.19. The molecule has 0 radical (unpaired) electrons. The monoisotopic (exact) mass is 332 g/mol. The Labute approximate surface area is 148 Å². The van der Waals surface area contributed by atoms with Gasteiger partial charge in [-0.3, -0.25) is 4.40 Å². The van der Waals surface area contributed by atoms with Crippen molar-refractivity contribution in [2.24, 2.45) is 0 Å². The second-order valence-corrected chi connectivity index (χ2v) is 6.72. The zero-order valence-electron chi connectivity index (χ0n) is 15.3. The summed E-state index contributed by atoms with van der Waals surface area (Å²) in [4.78, 5) is 7.34. The fourth-order valence-electron chi connectivity index (χ4n) is 3.58. The van der Waals surface area contributed by atoms with Crippen LogP contribution in [0.15, 0.2) is 54.6 Å². The van der Waals surface area contributed by atoms with Crippen LogP contribution in [0.3, 0.4) is 0 Å². The average molecular weight is 332 g/mol. The maximum atomic E-state index is 5.09. The average Bonchev–Trinajstić information content (AvgIpc) is 3.16.